The fourth-order valence-electron chi connectivity index (χ4n) is 3.82. The van der Waals surface area contributed by atoms with Crippen LogP contribution in [-0.4, -0.2) is 50.7 Å². The number of para-hydroxylation sites is 2. The van der Waals surface area contributed by atoms with E-state index in [0.29, 0.717) is 24.6 Å². The van der Waals surface area contributed by atoms with Gasteiger partial charge in [-0.1, -0.05) is 29.8 Å². The highest BCUT2D eigenvalue weighted by molar-refractivity contribution is 5.78. The number of amides is 1. The van der Waals surface area contributed by atoms with Gasteiger partial charge in [-0.15, -0.1) is 0 Å². The average molecular weight is 368 g/mol. The van der Waals surface area contributed by atoms with Crippen molar-refractivity contribution < 1.29 is 14.3 Å². The molecule has 0 atom stereocenters. The predicted molar refractivity (Wildman–Crippen MR) is 108 cm³/mol. The van der Waals surface area contributed by atoms with E-state index in [-0.39, 0.29) is 12.5 Å². The highest BCUT2D eigenvalue weighted by Crippen LogP contribution is 2.28. The summed E-state index contributed by atoms with van der Waals surface area (Å²) in [6, 6.07) is 11.8. The molecule has 0 radical (unpaired) electrons. The van der Waals surface area contributed by atoms with Gasteiger partial charge in [0.15, 0.2) is 18.1 Å². The number of nitrogens with zero attached hydrogens (tertiary/aromatic N) is 2. The number of methoxy groups -OCH3 is 1. The van der Waals surface area contributed by atoms with E-state index in [1.807, 2.05) is 29.2 Å². The van der Waals surface area contributed by atoms with Gasteiger partial charge >= 0.3 is 0 Å². The van der Waals surface area contributed by atoms with Gasteiger partial charge in [-0.3, -0.25) is 4.79 Å². The summed E-state index contributed by atoms with van der Waals surface area (Å²) in [7, 11) is 1.60. The predicted octanol–water partition coefficient (Wildman–Crippen LogP) is 3.35. The van der Waals surface area contributed by atoms with E-state index in [0.717, 1.165) is 13.1 Å². The molecule has 5 nitrogen and oxygen atoms in total. The smallest absolute Gasteiger partial charge is 0.260 e. The van der Waals surface area contributed by atoms with Gasteiger partial charge in [0.1, 0.15) is 0 Å². The maximum Gasteiger partial charge on any atom is 0.260 e. The summed E-state index contributed by atoms with van der Waals surface area (Å²) in [6.07, 6.45) is 0. The maximum atomic E-state index is 12.5. The maximum absolute atomic E-state index is 12.5. The minimum absolute atomic E-state index is 0.0120. The van der Waals surface area contributed by atoms with Gasteiger partial charge in [0, 0.05) is 31.9 Å². The van der Waals surface area contributed by atoms with Crippen LogP contribution in [0.4, 0.5) is 5.69 Å². The van der Waals surface area contributed by atoms with E-state index in [1.54, 1.807) is 7.11 Å². The minimum atomic E-state index is 0.0120. The first-order valence-electron chi connectivity index (χ1n) is 9.36. The zero-order chi connectivity index (χ0) is 19.4. The van der Waals surface area contributed by atoms with Gasteiger partial charge in [0.25, 0.3) is 5.91 Å². The molecule has 1 aliphatic rings. The van der Waals surface area contributed by atoms with Crippen LogP contribution in [0.5, 0.6) is 11.5 Å². The van der Waals surface area contributed by atoms with Crippen LogP contribution in [0.15, 0.2) is 36.4 Å². The summed E-state index contributed by atoms with van der Waals surface area (Å²) in [4.78, 5) is 16.8. The fourth-order valence-corrected chi connectivity index (χ4v) is 3.82. The Morgan fingerprint density at radius 3 is 2.15 bits per heavy atom. The van der Waals surface area contributed by atoms with Crippen molar-refractivity contribution in [3.8, 4) is 11.5 Å². The van der Waals surface area contributed by atoms with Crippen molar-refractivity contribution in [2.75, 3.05) is 44.8 Å². The molecule has 0 spiro atoms. The van der Waals surface area contributed by atoms with E-state index < -0.39 is 0 Å². The number of hydrogen-bond acceptors (Lipinski definition) is 4. The van der Waals surface area contributed by atoms with Crippen LogP contribution >= 0.6 is 0 Å². The summed E-state index contributed by atoms with van der Waals surface area (Å²) in [5.74, 6) is 1.25. The SMILES string of the molecule is COc1ccccc1OCC(=O)N1CCN(c2c(C)cc(C)cc2C)CC1. The van der Waals surface area contributed by atoms with Crippen molar-refractivity contribution in [3.05, 3.63) is 53.1 Å². The van der Waals surface area contributed by atoms with Crippen LogP contribution in [0.1, 0.15) is 16.7 Å². The summed E-state index contributed by atoms with van der Waals surface area (Å²) in [5, 5.41) is 0. The van der Waals surface area contributed by atoms with Crippen molar-refractivity contribution in [3.63, 3.8) is 0 Å². The lowest BCUT2D eigenvalue weighted by Gasteiger charge is -2.37. The van der Waals surface area contributed by atoms with Crippen molar-refractivity contribution >= 4 is 11.6 Å². The topological polar surface area (TPSA) is 42.0 Å². The lowest BCUT2D eigenvalue weighted by Crippen LogP contribution is -2.50. The van der Waals surface area contributed by atoms with E-state index in [1.165, 1.54) is 22.4 Å². The van der Waals surface area contributed by atoms with Crippen molar-refractivity contribution in [2.45, 2.75) is 20.8 Å². The second-order valence-electron chi connectivity index (χ2n) is 7.05. The van der Waals surface area contributed by atoms with E-state index in [4.69, 9.17) is 9.47 Å². The number of rotatable bonds is 5. The summed E-state index contributed by atoms with van der Waals surface area (Å²) in [5.41, 5.74) is 5.19. The van der Waals surface area contributed by atoms with Crippen molar-refractivity contribution in [1.82, 2.24) is 4.90 Å². The molecule has 0 saturated carbocycles. The zero-order valence-electron chi connectivity index (χ0n) is 16.6. The number of carbonyl (C=O) groups is 1. The van der Waals surface area contributed by atoms with Gasteiger partial charge in [-0.05, 0) is 44.0 Å². The molecular weight excluding hydrogens is 340 g/mol. The molecule has 144 valence electrons. The number of anilines is 1. The Morgan fingerprint density at radius 2 is 1.56 bits per heavy atom. The highest BCUT2D eigenvalue weighted by Gasteiger charge is 2.23. The molecule has 0 bridgehead atoms. The fraction of sp³-hybridized carbons (Fsp3) is 0.409. The first kappa shape index (κ1) is 19.1. The molecule has 2 aromatic carbocycles. The largest absolute Gasteiger partial charge is 0.493 e. The van der Waals surface area contributed by atoms with Gasteiger partial charge in [0.2, 0.25) is 0 Å². The normalized spacial score (nSPS) is 14.2. The molecule has 0 N–H and O–H groups in total. The monoisotopic (exact) mass is 368 g/mol. The average Bonchev–Trinajstić information content (AvgIpc) is 2.66. The van der Waals surface area contributed by atoms with Crippen LogP contribution in [-0.2, 0) is 4.79 Å². The number of carbonyl (C=O) groups excluding carboxylic acids is 1. The molecule has 27 heavy (non-hydrogen) atoms. The molecule has 1 heterocycles. The van der Waals surface area contributed by atoms with Gasteiger partial charge in [-0.25, -0.2) is 0 Å². The summed E-state index contributed by atoms with van der Waals surface area (Å²) >= 11 is 0. The third-order valence-electron chi connectivity index (χ3n) is 5.00. The van der Waals surface area contributed by atoms with Gasteiger partial charge in [-0.2, -0.15) is 0 Å². The van der Waals surface area contributed by atoms with Crippen LogP contribution in [0, 0.1) is 20.8 Å². The second-order valence-corrected chi connectivity index (χ2v) is 7.05. The first-order chi connectivity index (χ1) is 13.0. The molecule has 2 aromatic rings. The number of benzene rings is 2. The lowest BCUT2D eigenvalue weighted by atomic mass is 10.0. The van der Waals surface area contributed by atoms with E-state index >= 15 is 0 Å². The van der Waals surface area contributed by atoms with Crippen LogP contribution in [0.3, 0.4) is 0 Å². The minimum Gasteiger partial charge on any atom is -0.493 e. The van der Waals surface area contributed by atoms with Gasteiger partial charge in [0.05, 0.1) is 7.11 Å². The molecule has 1 aliphatic heterocycles. The molecular formula is C22H28N2O3. The summed E-state index contributed by atoms with van der Waals surface area (Å²) < 4.78 is 10.9. The van der Waals surface area contributed by atoms with Crippen LogP contribution < -0.4 is 14.4 Å². The third kappa shape index (κ3) is 4.35. The molecule has 1 amide bonds. The Bertz CT molecular complexity index is 788. The highest BCUT2D eigenvalue weighted by atomic mass is 16.5. The Balaban J connectivity index is 1.57. The van der Waals surface area contributed by atoms with Gasteiger partial charge < -0.3 is 19.3 Å². The van der Waals surface area contributed by atoms with E-state index in [9.17, 15) is 4.79 Å². The zero-order valence-corrected chi connectivity index (χ0v) is 16.6. The molecule has 5 heteroatoms. The number of piperazine rings is 1. The standard InChI is InChI=1S/C22H28N2O3/c1-16-13-17(2)22(18(3)14-16)24-11-9-23(10-12-24)21(25)15-27-20-8-6-5-7-19(20)26-4/h5-8,13-14H,9-12,15H2,1-4H3. The van der Waals surface area contributed by atoms with Crippen LogP contribution in [0.2, 0.25) is 0 Å². The second kappa shape index (κ2) is 8.33. The molecule has 3 rings (SSSR count). The molecule has 0 aromatic heterocycles. The third-order valence-corrected chi connectivity index (χ3v) is 5.00. The molecule has 0 unspecified atom stereocenters. The van der Waals surface area contributed by atoms with Crippen molar-refractivity contribution in [2.24, 2.45) is 0 Å². The molecule has 0 aliphatic carbocycles. The number of aryl methyl sites for hydroxylation is 3. The Labute approximate surface area is 161 Å². The van der Waals surface area contributed by atoms with Crippen LogP contribution in [0.25, 0.3) is 0 Å². The Kier molecular flexibility index (Phi) is 5.89. The quantitative estimate of drug-likeness (QED) is 0.812. The Morgan fingerprint density at radius 1 is 0.963 bits per heavy atom. The summed E-state index contributed by atoms with van der Waals surface area (Å²) in [6.45, 7) is 9.57. The van der Waals surface area contributed by atoms with E-state index in [2.05, 4.69) is 37.8 Å². The number of hydrogen-bond donors (Lipinski definition) is 0. The number of ether oxygens (including phenoxy) is 2. The van der Waals surface area contributed by atoms with Crippen molar-refractivity contribution in [1.29, 1.82) is 0 Å². The lowest BCUT2D eigenvalue weighted by molar-refractivity contribution is -0.133. The molecule has 1 fully saturated rings. The Hall–Kier alpha value is -2.69. The first-order valence-corrected chi connectivity index (χ1v) is 9.36. The molecule has 1 saturated heterocycles.